The van der Waals surface area contributed by atoms with Crippen LogP contribution in [0.2, 0.25) is 0 Å². The molecule has 0 saturated heterocycles. The van der Waals surface area contributed by atoms with Gasteiger partial charge >= 0.3 is 5.97 Å². The lowest BCUT2D eigenvalue weighted by atomic mass is 10.5. The minimum atomic E-state index is -0.993. The molecule has 0 bridgehead atoms. The maximum absolute atomic E-state index is 10.7. The predicted octanol–water partition coefficient (Wildman–Crippen LogP) is 2.86. The Bertz CT molecular complexity index is 463. The van der Waals surface area contributed by atoms with Crippen molar-refractivity contribution in [2.75, 3.05) is 0 Å². The number of rotatable bonds is 2. The molecule has 4 nitrogen and oxygen atoms in total. The Morgan fingerprint density at radius 3 is 2.93 bits per heavy atom. The van der Waals surface area contributed by atoms with Crippen molar-refractivity contribution in [3.8, 4) is 10.8 Å². The van der Waals surface area contributed by atoms with Crippen LogP contribution in [0.15, 0.2) is 27.4 Å². The van der Waals surface area contributed by atoms with Gasteiger partial charge in [-0.2, -0.15) is 0 Å². The highest BCUT2D eigenvalue weighted by Gasteiger charge is 2.17. The number of aromatic nitrogens is 1. The summed E-state index contributed by atoms with van der Waals surface area (Å²) >= 11 is 4.15. The first-order valence-electron chi connectivity index (χ1n) is 3.62. The van der Waals surface area contributed by atoms with Gasteiger partial charge in [0.2, 0.25) is 0 Å². The minimum absolute atomic E-state index is 0.177. The van der Waals surface area contributed by atoms with Gasteiger partial charge in [-0.25, -0.2) is 9.78 Å². The highest BCUT2D eigenvalue weighted by Crippen LogP contribution is 2.31. The molecule has 2 heterocycles. The lowest BCUT2D eigenvalue weighted by Crippen LogP contribution is -1.91. The summed E-state index contributed by atoms with van der Waals surface area (Å²) < 4.78 is 5.44. The Morgan fingerprint density at radius 2 is 2.43 bits per heavy atom. The van der Waals surface area contributed by atoms with Gasteiger partial charge in [-0.05, 0) is 28.1 Å². The molecular weight excluding hydrogens is 270 g/mol. The van der Waals surface area contributed by atoms with Gasteiger partial charge in [0.15, 0.2) is 10.8 Å². The predicted molar refractivity (Wildman–Crippen MR) is 54.5 cm³/mol. The van der Waals surface area contributed by atoms with Crippen molar-refractivity contribution in [1.82, 2.24) is 4.98 Å². The van der Waals surface area contributed by atoms with E-state index in [1.807, 2.05) is 0 Å². The van der Waals surface area contributed by atoms with Crippen LogP contribution in [0.25, 0.3) is 10.8 Å². The number of furan rings is 1. The molecule has 0 amide bonds. The second kappa shape index (κ2) is 3.55. The van der Waals surface area contributed by atoms with E-state index in [2.05, 4.69) is 20.9 Å². The number of carbonyl (C=O) groups is 1. The van der Waals surface area contributed by atoms with E-state index in [-0.39, 0.29) is 4.88 Å². The summed E-state index contributed by atoms with van der Waals surface area (Å²) in [5.41, 5.74) is 0. The summed E-state index contributed by atoms with van der Waals surface area (Å²) in [6.07, 6.45) is 1.52. The van der Waals surface area contributed by atoms with E-state index in [9.17, 15) is 4.79 Å². The maximum Gasteiger partial charge on any atom is 0.348 e. The van der Waals surface area contributed by atoms with Gasteiger partial charge in [-0.1, -0.05) is 0 Å². The molecule has 2 aromatic rings. The molecule has 1 N–H and O–H groups in total. The molecule has 0 aliphatic carbocycles. The molecule has 0 atom stereocenters. The van der Waals surface area contributed by atoms with Crippen molar-refractivity contribution >= 4 is 33.2 Å². The summed E-state index contributed by atoms with van der Waals surface area (Å²) in [6.45, 7) is 0. The summed E-state index contributed by atoms with van der Waals surface area (Å²) in [5.74, 6) is -0.421. The molecule has 0 fully saturated rings. The lowest BCUT2D eigenvalue weighted by Gasteiger charge is -1.84. The topological polar surface area (TPSA) is 63.3 Å². The van der Waals surface area contributed by atoms with E-state index in [0.717, 1.165) is 11.3 Å². The fourth-order valence-corrected chi connectivity index (χ4v) is 2.41. The minimum Gasteiger partial charge on any atom is -0.477 e. The van der Waals surface area contributed by atoms with Gasteiger partial charge in [0.05, 0.1) is 6.26 Å². The number of halogens is 1. The first-order chi connectivity index (χ1) is 6.68. The zero-order chi connectivity index (χ0) is 10.1. The van der Waals surface area contributed by atoms with Crippen LogP contribution < -0.4 is 0 Å². The van der Waals surface area contributed by atoms with Crippen molar-refractivity contribution in [1.29, 1.82) is 0 Å². The Labute approximate surface area is 91.3 Å². The lowest BCUT2D eigenvalue weighted by molar-refractivity contribution is 0.0701. The third-order valence-corrected chi connectivity index (χ3v) is 3.41. The van der Waals surface area contributed by atoms with E-state index in [1.54, 1.807) is 12.1 Å². The van der Waals surface area contributed by atoms with Crippen LogP contribution in [-0.4, -0.2) is 16.1 Å². The largest absolute Gasteiger partial charge is 0.477 e. The monoisotopic (exact) mass is 273 g/mol. The zero-order valence-corrected chi connectivity index (χ0v) is 9.13. The standard InChI is InChI=1S/C8H4BrNO3S/c9-6-5(8(11)12)14-7(10-6)4-2-1-3-13-4/h1-3H,(H,11,12). The van der Waals surface area contributed by atoms with E-state index >= 15 is 0 Å². The summed E-state index contributed by atoms with van der Waals surface area (Å²) in [7, 11) is 0. The Hall–Kier alpha value is -1.14. The number of thiazole rings is 1. The molecule has 14 heavy (non-hydrogen) atoms. The Balaban J connectivity index is 2.48. The van der Waals surface area contributed by atoms with Crippen LogP contribution in [0, 0.1) is 0 Å². The zero-order valence-electron chi connectivity index (χ0n) is 6.73. The Morgan fingerprint density at radius 1 is 1.64 bits per heavy atom. The van der Waals surface area contributed by atoms with Crippen molar-refractivity contribution in [2.45, 2.75) is 0 Å². The van der Waals surface area contributed by atoms with Crippen LogP contribution in [0.1, 0.15) is 9.67 Å². The molecule has 0 aromatic carbocycles. The molecule has 2 aromatic heterocycles. The van der Waals surface area contributed by atoms with E-state index in [4.69, 9.17) is 9.52 Å². The van der Waals surface area contributed by atoms with Crippen LogP contribution >= 0.6 is 27.3 Å². The first kappa shape index (κ1) is 9.42. The van der Waals surface area contributed by atoms with E-state index < -0.39 is 5.97 Å². The third kappa shape index (κ3) is 1.58. The van der Waals surface area contributed by atoms with Gasteiger partial charge in [0.25, 0.3) is 0 Å². The number of hydrogen-bond donors (Lipinski definition) is 1. The molecule has 0 saturated carbocycles. The summed E-state index contributed by atoms with van der Waals surface area (Å²) in [4.78, 5) is 14.9. The SMILES string of the molecule is O=C(O)c1sc(-c2ccco2)nc1Br. The molecule has 0 spiro atoms. The van der Waals surface area contributed by atoms with Crippen LogP contribution in [0.5, 0.6) is 0 Å². The number of carboxylic acid groups (broad SMARTS) is 1. The normalized spacial score (nSPS) is 10.4. The fourth-order valence-electron chi connectivity index (χ4n) is 0.939. The Kier molecular flexibility index (Phi) is 2.39. The third-order valence-electron chi connectivity index (χ3n) is 1.51. The summed E-state index contributed by atoms with van der Waals surface area (Å²) in [6, 6.07) is 3.46. The van der Waals surface area contributed by atoms with Crippen molar-refractivity contribution in [3.63, 3.8) is 0 Å². The van der Waals surface area contributed by atoms with Crippen molar-refractivity contribution in [3.05, 3.63) is 27.9 Å². The quantitative estimate of drug-likeness (QED) is 0.914. The second-order valence-corrected chi connectivity index (χ2v) is 4.17. The van der Waals surface area contributed by atoms with Crippen LogP contribution in [0.3, 0.4) is 0 Å². The smallest absolute Gasteiger partial charge is 0.348 e. The number of hydrogen-bond acceptors (Lipinski definition) is 4. The van der Waals surface area contributed by atoms with Crippen LogP contribution in [-0.2, 0) is 0 Å². The first-order valence-corrected chi connectivity index (χ1v) is 5.23. The molecule has 6 heteroatoms. The van der Waals surface area contributed by atoms with Crippen LogP contribution in [0.4, 0.5) is 0 Å². The maximum atomic E-state index is 10.7. The van der Waals surface area contributed by atoms with Crippen molar-refractivity contribution < 1.29 is 14.3 Å². The average Bonchev–Trinajstić information content (AvgIpc) is 2.70. The van der Waals surface area contributed by atoms with Crippen molar-refractivity contribution in [2.24, 2.45) is 0 Å². The van der Waals surface area contributed by atoms with Gasteiger partial charge in [-0.15, -0.1) is 11.3 Å². The number of nitrogens with zero attached hydrogens (tertiary/aromatic N) is 1. The van der Waals surface area contributed by atoms with Gasteiger partial charge in [0.1, 0.15) is 9.48 Å². The number of carboxylic acids is 1. The average molecular weight is 274 g/mol. The van der Waals surface area contributed by atoms with Gasteiger partial charge < -0.3 is 9.52 Å². The molecule has 2 rings (SSSR count). The molecular formula is C8H4BrNO3S. The molecule has 0 aliphatic rings. The molecule has 0 radical (unpaired) electrons. The highest BCUT2D eigenvalue weighted by atomic mass is 79.9. The molecule has 0 aliphatic heterocycles. The van der Waals surface area contributed by atoms with Gasteiger partial charge in [0, 0.05) is 0 Å². The second-order valence-electron chi connectivity index (χ2n) is 2.42. The van der Waals surface area contributed by atoms with E-state index in [0.29, 0.717) is 15.4 Å². The molecule has 72 valence electrons. The summed E-state index contributed by atoms with van der Waals surface area (Å²) in [5, 5.41) is 9.34. The van der Waals surface area contributed by atoms with Gasteiger partial charge in [-0.3, -0.25) is 0 Å². The number of aromatic carboxylic acids is 1. The molecule has 0 unspecified atom stereocenters. The highest BCUT2D eigenvalue weighted by molar-refractivity contribution is 9.10. The fraction of sp³-hybridized carbons (Fsp3) is 0. The van der Waals surface area contributed by atoms with E-state index in [1.165, 1.54) is 6.26 Å².